The summed E-state index contributed by atoms with van der Waals surface area (Å²) < 4.78 is 6.42. The van der Waals surface area contributed by atoms with Crippen LogP contribution in [0.5, 0.6) is 0 Å². The van der Waals surface area contributed by atoms with Crippen molar-refractivity contribution in [1.82, 2.24) is 5.16 Å². The number of fused-ring (bicyclic) bond motifs is 2. The molecule has 102 valence electrons. The van der Waals surface area contributed by atoms with Gasteiger partial charge >= 0.3 is 0 Å². The summed E-state index contributed by atoms with van der Waals surface area (Å²) in [5.74, 6) is 0.750. The van der Waals surface area contributed by atoms with Gasteiger partial charge in [0.2, 0.25) is 0 Å². The predicted molar refractivity (Wildman–Crippen MR) is 82.8 cm³/mol. The lowest BCUT2D eigenvalue weighted by Gasteiger charge is -2.18. The highest BCUT2D eigenvalue weighted by Crippen LogP contribution is 2.46. The summed E-state index contributed by atoms with van der Waals surface area (Å²) in [5, 5.41) is 4.98. The van der Waals surface area contributed by atoms with Crippen molar-refractivity contribution in [2.24, 2.45) is 0 Å². The molecule has 1 fully saturated rings. The molecule has 4 nitrogen and oxygen atoms in total. The molecule has 0 amide bonds. The smallest absolute Gasteiger partial charge is 0.196 e. The Morgan fingerprint density at radius 3 is 2.71 bits per heavy atom. The Hall–Kier alpha value is -2.14. The summed E-state index contributed by atoms with van der Waals surface area (Å²) in [5.41, 5.74) is 3.92. The van der Waals surface area contributed by atoms with Crippen LogP contribution in [-0.4, -0.2) is 24.0 Å². The third kappa shape index (κ3) is 1.39. The van der Waals surface area contributed by atoms with Gasteiger partial charge in [-0.15, -0.1) is 0 Å². The van der Waals surface area contributed by atoms with Crippen molar-refractivity contribution in [1.29, 1.82) is 0 Å². The molecule has 0 N–H and O–H groups in total. The van der Waals surface area contributed by atoms with E-state index in [4.69, 9.17) is 4.52 Å². The van der Waals surface area contributed by atoms with Crippen LogP contribution in [0.2, 0.25) is 0 Å². The molecule has 2 aliphatic rings. The summed E-state index contributed by atoms with van der Waals surface area (Å²) in [4.78, 5) is 15.1. The van der Waals surface area contributed by atoms with E-state index in [0.717, 1.165) is 39.8 Å². The van der Waals surface area contributed by atoms with Gasteiger partial charge in [0, 0.05) is 28.7 Å². The maximum Gasteiger partial charge on any atom is 0.196 e. The van der Waals surface area contributed by atoms with Gasteiger partial charge < -0.3 is 9.42 Å². The molecular formula is C16H9BrN2O2. The van der Waals surface area contributed by atoms with Gasteiger partial charge in [0.1, 0.15) is 5.52 Å². The van der Waals surface area contributed by atoms with E-state index >= 15 is 0 Å². The molecule has 3 aromatic rings. The second-order valence-electron chi connectivity index (χ2n) is 5.35. The van der Waals surface area contributed by atoms with Crippen molar-refractivity contribution >= 4 is 38.3 Å². The van der Waals surface area contributed by atoms with Crippen LogP contribution in [0.1, 0.15) is 15.9 Å². The normalized spacial score (nSPS) is 15.5. The molecule has 21 heavy (non-hydrogen) atoms. The Balaban J connectivity index is 2.00. The molecule has 5 rings (SSSR count). The Morgan fingerprint density at radius 1 is 1.19 bits per heavy atom. The number of carbonyl (C=O) groups excluding carboxylic acids is 1. The van der Waals surface area contributed by atoms with E-state index in [2.05, 4.69) is 26.0 Å². The van der Waals surface area contributed by atoms with Crippen LogP contribution < -0.4 is 4.90 Å². The standard InChI is InChI=1S/C16H9BrN2O2/c17-10-7-11(19-5-6-19)12-13-14(10)18-21-16(13)9-4-2-1-3-8(9)15(12)20/h1-4,7H,5-6H2. The Labute approximate surface area is 128 Å². The number of hydrogen-bond donors (Lipinski definition) is 0. The zero-order valence-electron chi connectivity index (χ0n) is 10.9. The van der Waals surface area contributed by atoms with Crippen LogP contribution in [-0.2, 0) is 0 Å². The van der Waals surface area contributed by atoms with Crippen LogP contribution >= 0.6 is 15.9 Å². The number of halogens is 1. The number of hydrogen-bond acceptors (Lipinski definition) is 4. The topological polar surface area (TPSA) is 46.1 Å². The van der Waals surface area contributed by atoms with Gasteiger partial charge in [0.15, 0.2) is 11.5 Å². The zero-order chi connectivity index (χ0) is 14.1. The predicted octanol–water partition coefficient (Wildman–Crippen LogP) is 3.62. The molecule has 0 saturated carbocycles. The highest BCUT2D eigenvalue weighted by molar-refractivity contribution is 9.10. The third-order valence-electron chi connectivity index (χ3n) is 4.12. The molecule has 0 radical (unpaired) electrons. The number of ketones is 1. The molecule has 1 aromatic heterocycles. The zero-order valence-corrected chi connectivity index (χ0v) is 12.5. The molecule has 1 aliphatic carbocycles. The minimum absolute atomic E-state index is 0.0562. The maximum absolute atomic E-state index is 12.9. The van der Waals surface area contributed by atoms with Crippen molar-refractivity contribution in [3.8, 4) is 11.3 Å². The van der Waals surface area contributed by atoms with E-state index in [1.54, 1.807) is 0 Å². The minimum atomic E-state index is 0.0562. The first-order valence-corrected chi connectivity index (χ1v) is 7.56. The van der Waals surface area contributed by atoms with Crippen LogP contribution in [0.25, 0.3) is 22.2 Å². The van der Waals surface area contributed by atoms with E-state index < -0.39 is 0 Å². The van der Waals surface area contributed by atoms with Gasteiger partial charge in [-0.3, -0.25) is 4.79 Å². The first-order chi connectivity index (χ1) is 10.3. The molecule has 2 heterocycles. The molecule has 0 bridgehead atoms. The maximum atomic E-state index is 12.9. The van der Waals surface area contributed by atoms with Gasteiger partial charge in [0.25, 0.3) is 0 Å². The lowest BCUT2D eigenvalue weighted by Crippen LogP contribution is -2.12. The number of aromatic nitrogens is 1. The van der Waals surface area contributed by atoms with Crippen molar-refractivity contribution in [2.45, 2.75) is 0 Å². The van der Waals surface area contributed by atoms with Crippen LogP contribution in [0, 0.1) is 0 Å². The van der Waals surface area contributed by atoms with Crippen LogP contribution in [0.3, 0.4) is 0 Å². The van der Waals surface area contributed by atoms with Crippen molar-refractivity contribution in [2.75, 3.05) is 18.0 Å². The van der Waals surface area contributed by atoms with Crippen LogP contribution in [0.4, 0.5) is 5.69 Å². The molecule has 0 atom stereocenters. The minimum Gasteiger partial charge on any atom is -0.367 e. The van der Waals surface area contributed by atoms with Gasteiger partial charge in [-0.05, 0) is 22.0 Å². The first kappa shape index (κ1) is 11.5. The fourth-order valence-corrected chi connectivity index (χ4v) is 3.53. The number of nitrogens with zero attached hydrogens (tertiary/aromatic N) is 2. The fraction of sp³-hybridized carbons (Fsp3) is 0.125. The van der Waals surface area contributed by atoms with Gasteiger partial charge in [-0.1, -0.05) is 29.4 Å². The molecule has 5 heteroatoms. The fourth-order valence-electron chi connectivity index (χ4n) is 3.04. The van der Waals surface area contributed by atoms with E-state index in [0.29, 0.717) is 16.8 Å². The Bertz CT molecular complexity index is 941. The summed E-state index contributed by atoms with van der Waals surface area (Å²) in [7, 11) is 0. The van der Waals surface area contributed by atoms with Crippen LogP contribution in [0.15, 0.2) is 39.3 Å². The van der Waals surface area contributed by atoms with Crippen molar-refractivity contribution in [3.63, 3.8) is 0 Å². The summed E-state index contributed by atoms with van der Waals surface area (Å²) >= 11 is 3.54. The molecule has 1 aliphatic heterocycles. The molecule has 2 aromatic carbocycles. The van der Waals surface area contributed by atoms with E-state index in [1.807, 2.05) is 30.3 Å². The lowest BCUT2D eigenvalue weighted by molar-refractivity contribution is 0.104. The summed E-state index contributed by atoms with van der Waals surface area (Å²) in [6.07, 6.45) is 0. The Morgan fingerprint density at radius 2 is 1.95 bits per heavy atom. The van der Waals surface area contributed by atoms with Crippen molar-refractivity contribution < 1.29 is 9.32 Å². The summed E-state index contributed by atoms with van der Waals surface area (Å²) in [6.45, 7) is 1.97. The molecule has 1 saturated heterocycles. The largest absolute Gasteiger partial charge is 0.367 e. The Kier molecular flexibility index (Phi) is 2.05. The van der Waals surface area contributed by atoms with Gasteiger partial charge in [0.05, 0.1) is 16.6 Å². The quantitative estimate of drug-likeness (QED) is 0.496. The first-order valence-electron chi connectivity index (χ1n) is 6.76. The van der Waals surface area contributed by atoms with Gasteiger partial charge in [-0.2, -0.15) is 0 Å². The van der Waals surface area contributed by atoms with E-state index in [1.165, 1.54) is 0 Å². The second-order valence-corrected chi connectivity index (χ2v) is 6.20. The van der Waals surface area contributed by atoms with Crippen molar-refractivity contribution in [3.05, 3.63) is 45.9 Å². The van der Waals surface area contributed by atoms with E-state index in [9.17, 15) is 4.79 Å². The summed E-state index contributed by atoms with van der Waals surface area (Å²) in [6, 6.07) is 9.53. The number of benzene rings is 2. The average Bonchev–Trinajstić information content (AvgIpc) is 3.25. The number of carbonyl (C=O) groups is 1. The third-order valence-corrected chi connectivity index (χ3v) is 4.72. The highest BCUT2D eigenvalue weighted by atomic mass is 79.9. The number of rotatable bonds is 1. The molecule has 0 unspecified atom stereocenters. The highest BCUT2D eigenvalue weighted by Gasteiger charge is 2.35. The number of anilines is 1. The molecular weight excluding hydrogens is 332 g/mol. The average molecular weight is 341 g/mol. The lowest BCUT2D eigenvalue weighted by atomic mass is 9.87. The molecule has 0 spiro atoms. The monoisotopic (exact) mass is 340 g/mol. The van der Waals surface area contributed by atoms with E-state index in [-0.39, 0.29) is 5.78 Å². The second kappa shape index (κ2) is 3.74. The SMILES string of the molecule is O=C1c2ccccc2-c2onc3c(Br)cc(N4CC4)c1c23. The van der Waals surface area contributed by atoms with Gasteiger partial charge in [-0.25, -0.2) is 0 Å².